The summed E-state index contributed by atoms with van der Waals surface area (Å²) in [5, 5.41) is 9.12. The van der Waals surface area contributed by atoms with Gasteiger partial charge in [0.05, 0.1) is 11.1 Å². The van der Waals surface area contributed by atoms with E-state index in [1.165, 1.54) is 5.56 Å². The molecule has 2 nitrogen and oxygen atoms in total. The molecule has 20 heavy (non-hydrogen) atoms. The number of aliphatic hydroxyl groups is 1. The van der Waals surface area contributed by atoms with Crippen LogP contribution in [0.15, 0.2) is 40.9 Å². The average Bonchev–Trinajstić information content (AvgIpc) is 2.42. The highest BCUT2D eigenvalue weighted by atomic mass is 79.9. The molecule has 0 saturated heterocycles. The molecular formula is C17H19BrO2. The van der Waals surface area contributed by atoms with E-state index < -0.39 is 0 Å². The lowest BCUT2D eigenvalue weighted by molar-refractivity contribution is 0.281. The summed E-state index contributed by atoms with van der Waals surface area (Å²) in [5.74, 6) is 2.10. The Balaban J connectivity index is 2.32. The number of ether oxygens (including phenoxy) is 1. The first-order chi connectivity index (χ1) is 9.51. The molecule has 0 amide bonds. The summed E-state index contributed by atoms with van der Waals surface area (Å²) in [6, 6.07) is 11.9. The van der Waals surface area contributed by atoms with Crippen LogP contribution in [0.2, 0.25) is 0 Å². The maximum absolute atomic E-state index is 9.12. The SMILES string of the molecule is Cc1ccc(C(C)C)cc1Oc1ccc(CO)cc1Br. The van der Waals surface area contributed by atoms with Crippen molar-refractivity contribution < 1.29 is 9.84 Å². The zero-order chi connectivity index (χ0) is 14.7. The molecule has 0 aliphatic rings. The second-order valence-corrected chi connectivity index (χ2v) is 6.06. The molecule has 2 aromatic carbocycles. The lowest BCUT2D eigenvalue weighted by Gasteiger charge is -2.14. The fraction of sp³-hybridized carbons (Fsp3) is 0.294. The summed E-state index contributed by atoms with van der Waals surface area (Å²) < 4.78 is 6.85. The van der Waals surface area contributed by atoms with E-state index in [9.17, 15) is 0 Å². The highest BCUT2D eigenvalue weighted by Gasteiger charge is 2.08. The molecular weight excluding hydrogens is 316 g/mol. The fourth-order valence-corrected chi connectivity index (χ4v) is 2.44. The predicted molar refractivity (Wildman–Crippen MR) is 85.4 cm³/mol. The van der Waals surface area contributed by atoms with Gasteiger partial charge in [0.2, 0.25) is 0 Å². The molecule has 2 aromatic rings. The third-order valence-electron chi connectivity index (χ3n) is 3.28. The lowest BCUT2D eigenvalue weighted by atomic mass is 10.0. The lowest BCUT2D eigenvalue weighted by Crippen LogP contribution is -1.93. The normalized spacial score (nSPS) is 10.9. The van der Waals surface area contributed by atoms with Crippen LogP contribution >= 0.6 is 15.9 Å². The van der Waals surface area contributed by atoms with Crippen molar-refractivity contribution in [3.63, 3.8) is 0 Å². The van der Waals surface area contributed by atoms with Crippen molar-refractivity contribution in [1.82, 2.24) is 0 Å². The second kappa shape index (κ2) is 6.42. The van der Waals surface area contributed by atoms with E-state index in [2.05, 4.69) is 48.0 Å². The van der Waals surface area contributed by atoms with Gasteiger partial charge < -0.3 is 9.84 Å². The summed E-state index contributed by atoms with van der Waals surface area (Å²) in [7, 11) is 0. The molecule has 3 heteroatoms. The van der Waals surface area contributed by atoms with E-state index >= 15 is 0 Å². The van der Waals surface area contributed by atoms with Gasteiger partial charge in [0, 0.05) is 0 Å². The van der Waals surface area contributed by atoms with E-state index in [0.717, 1.165) is 27.1 Å². The standard InChI is InChI=1S/C17H19BrO2/c1-11(2)14-6-4-12(3)17(9-14)20-16-7-5-13(10-19)8-15(16)18/h4-9,11,19H,10H2,1-3H3. The van der Waals surface area contributed by atoms with Crippen LogP contribution < -0.4 is 4.74 Å². The highest BCUT2D eigenvalue weighted by Crippen LogP contribution is 2.33. The van der Waals surface area contributed by atoms with Gasteiger partial charge in [-0.1, -0.05) is 32.0 Å². The van der Waals surface area contributed by atoms with Gasteiger partial charge in [-0.3, -0.25) is 0 Å². The van der Waals surface area contributed by atoms with Gasteiger partial charge in [-0.05, 0) is 63.7 Å². The van der Waals surface area contributed by atoms with Crippen molar-refractivity contribution in [3.8, 4) is 11.5 Å². The molecule has 0 bridgehead atoms. The van der Waals surface area contributed by atoms with E-state index in [0.29, 0.717) is 5.92 Å². The number of aliphatic hydroxyl groups excluding tert-OH is 1. The molecule has 0 atom stereocenters. The van der Waals surface area contributed by atoms with E-state index in [1.807, 2.05) is 25.1 Å². The summed E-state index contributed by atoms with van der Waals surface area (Å²) in [6.45, 7) is 6.40. The smallest absolute Gasteiger partial charge is 0.141 e. The van der Waals surface area contributed by atoms with Crippen LogP contribution in [0.1, 0.15) is 36.5 Å². The molecule has 0 saturated carbocycles. The third kappa shape index (κ3) is 3.41. The molecule has 0 fully saturated rings. The third-order valence-corrected chi connectivity index (χ3v) is 3.90. The van der Waals surface area contributed by atoms with Crippen LogP contribution in [0.25, 0.3) is 0 Å². The first-order valence-corrected chi connectivity index (χ1v) is 7.48. The van der Waals surface area contributed by atoms with Crippen LogP contribution in [0.3, 0.4) is 0 Å². The number of halogens is 1. The number of benzene rings is 2. The Morgan fingerprint density at radius 2 is 1.85 bits per heavy atom. The molecule has 2 rings (SSSR count). The van der Waals surface area contributed by atoms with Crippen molar-refractivity contribution >= 4 is 15.9 Å². The minimum atomic E-state index is 0.0285. The van der Waals surface area contributed by atoms with Gasteiger partial charge in [-0.2, -0.15) is 0 Å². The molecule has 0 unspecified atom stereocenters. The Morgan fingerprint density at radius 3 is 2.45 bits per heavy atom. The Hall–Kier alpha value is -1.32. The van der Waals surface area contributed by atoms with Crippen LogP contribution in [0.5, 0.6) is 11.5 Å². The van der Waals surface area contributed by atoms with Crippen LogP contribution in [0.4, 0.5) is 0 Å². The largest absolute Gasteiger partial charge is 0.456 e. The minimum absolute atomic E-state index is 0.0285. The molecule has 0 aromatic heterocycles. The second-order valence-electron chi connectivity index (χ2n) is 5.20. The van der Waals surface area contributed by atoms with Gasteiger partial charge in [-0.25, -0.2) is 0 Å². The average molecular weight is 335 g/mol. The van der Waals surface area contributed by atoms with Crippen molar-refractivity contribution in [3.05, 3.63) is 57.6 Å². The van der Waals surface area contributed by atoms with Gasteiger partial charge >= 0.3 is 0 Å². The van der Waals surface area contributed by atoms with E-state index in [4.69, 9.17) is 9.84 Å². The van der Waals surface area contributed by atoms with Crippen molar-refractivity contribution in [2.45, 2.75) is 33.3 Å². The number of aryl methyl sites for hydroxylation is 1. The maximum atomic E-state index is 9.12. The molecule has 1 N–H and O–H groups in total. The van der Waals surface area contributed by atoms with E-state index in [-0.39, 0.29) is 6.61 Å². The summed E-state index contributed by atoms with van der Waals surface area (Å²) in [5.41, 5.74) is 3.22. The number of hydrogen-bond acceptors (Lipinski definition) is 2. The Bertz CT molecular complexity index is 606. The predicted octanol–water partition coefficient (Wildman–Crippen LogP) is 5.17. The monoisotopic (exact) mass is 334 g/mol. The summed E-state index contributed by atoms with van der Waals surface area (Å²) in [4.78, 5) is 0. The van der Waals surface area contributed by atoms with Gasteiger partial charge in [-0.15, -0.1) is 0 Å². The van der Waals surface area contributed by atoms with Crippen molar-refractivity contribution in [1.29, 1.82) is 0 Å². The molecule has 0 spiro atoms. The van der Waals surface area contributed by atoms with Crippen LogP contribution in [0, 0.1) is 6.92 Å². The molecule has 0 radical (unpaired) electrons. The fourth-order valence-electron chi connectivity index (χ4n) is 1.93. The quantitative estimate of drug-likeness (QED) is 0.836. The first kappa shape index (κ1) is 15.1. The Kier molecular flexibility index (Phi) is 4.84. The van der Waals surface area contributed by atoms with E-state index in [1.54, 1.807) is 0 Å². The zero-order valence-corrected chi connectivity index (χ0v) is 13.6. The molecule has 0 aliphatic heterocycles. The molecule has 106 valence electrons. The minimum Gasteiger partial charge on any atom is -0.456 e. The van der Waals surface area contributed by atoms with Gasteiger partial charge in [0.1, 0.15) is 11.5 Å². The van der Waals surface area contributed by atoms with Crippen molar-refractivity contribution in [2.24, 2.45) is 0 Å². The van der Waals surface area contributed by atoms with Crippen LogP contribution in [-0.4, -0.2) is 5.11 Å². The zero-order valence-electron chi connectivity index (χ0n) is 12.0. The van der Waals surface area contributed by atoms with Crippen molar-refractivity contribution in [2.75, 3.05) is 0 Å². The molecule has 0 heterocycles. The topological polar surface area (TPSA) is 29.5 Å². The van der Waals surface area contributed by atoms with Gasteiger partial charge in [0.25, 0.3) is 0 Å². The maximum Gasteiger partial charge on any atom is 0.141 e. The summed E-state index contributed by atoms with van der Waals surface area (Å²) in [6.07, 6.45) is 0. The number of hydrogen-bond donors (Lipinski definition) is 1. The molecule has 0 aliphatic carbocycles. The number of rotatable bonds is 4. The summed E-state index contributed by atoms with van der Waals surface area (Å²) >= 11 is 3.48. The highest BCUT2D eigenvalue weighted by molar-refractivity contribution is 9.10. The van der Waals surface area contributed by atoms with Crippen LogP contribution in [-0.2, 0) is 6.61 Å². The first-order valence-electron chi connectivity index (χ1n) is 6.69. The van der Waals surface area contributed by atoms with Gasteiger partial charge in [0.15, 0.2) is 0 Å². The Labute approximate surface area is 128 Å². The Morgan fingerprint density at radius 1 is 1.10 bits per heavy atom.